The average molecular weight is 1160 g/mol. The molecule has 0 unspecified atom stereocenters. The third kappa shape index (κ3) is 10.4. The van der Waals surface area contributed by atoms with Crippen molar-refractivity contribution in [3.8, 4) is 16.3 Å². The summed E-state index contributed by atoms with van der Waals surface area (Å²) < 4.78 is 19.6. The van der Waals surface area contributed by atoms with Crippen LogP contribution in [0.15, 0.2) is 75.6 Å². The van der Waals surface area contributed by atoms with Crippen molar-refractivity contribution in [3.05, 3.63) is 115 Å². The first-order valence-electron chi connectivity index (χ1n) is 28.6. The van der Waals surface area contributed by atoms with Crippen molar-refractivity contribution in [2.45, 2.75) is 171 Å². The number of hydrogen-bond donors (Lipinski definition) is 3. The van der Waals surface area contributed by atoms with Crippen molar-refractivity contribution >= 4 is 55.9 Å². The third-order valence-electron chi connectivity index (χ3n) is 18.3. The number of piperidine rings is 1. The van der Waals surface area contributed by atoms with Crippen LogP contribution in [0.2, 0.25) is 0 Å². The molecule has 0 bridgehead atoms. The highest BCUT2D eigenvalue weighted by Gasteiger charge is 2.54. The van der Waals surface area contributed by atoms with Crippen LogP contribution < -0.4 is 16.2 Å². The summed E-state index contributed by atoms with van der Waals surface area (Å²) in [7, 11) is 0. The summed E-state index contributed by atoms with van der Waals surface area (Å²) in [4.78, 5) is 75.0. The molecule has 6 aliphatic rings. The highest BCUT2D eigenvalue weighted by atomic mass is 79.9. The summed E-state index contributed by atoms with van der Waals surface area (Å²) in [5, 5.41) is 26.7. The van der Waals surface area contributed by atoms with Crippen molar-refractivity contribution in [2.75, 3.05) is 26.2 Å². The maximum absolute atomic E-state index is 14.9. The number of likely N-dealkylation sites (tertiary alicyclic amines) is 2. The number of nitrogens with zero attached hydrogens (tertiary/aromatic N) is 9. The van der Waals surface area contributed by atoms with Crippen molar-refractivity contribution in [2.24, 2.45) is 11.3 Å². The molecule has 3 N–H and O–H groups in total. The van der Waals surface area contributed by atoms with Crippen LogP contribution in [0.5, 0.6) is 0 Å². The van der Waals surface area contributed by atoms with Gasteiger partial charge in [0.05, 0.1) is 56.8 Å². The van der Waals surface area contributed by atoms with E-state index >= 15 is 0 Å². The molecule has 3 amide bonds. The van der Waals surface area contributed by atoms with Gasteiger partial charge in [-0.15, -0.1) is 16.4 Å². The molecule has 6 aromatic rings. The van der Waals surface area contributed by atoms with Gasteiger partial charge in [-0.3, -0.25) is 23.7 Å². The monoisotopic (exact) mass is 1160 g/mol. The standard InChI is InChI=1S/C60H71BrFN11O5S/c1-35-50(79-34-63-35)40-17-15-37(16-18-40)45(65-53(75)48-29-41(74)31-72(48)55(77)51(58(2,3)4)66-57(78)60(62)25-26-60)32-71-33-46(68-69-71)38-13-11-36(12-14-38)30-70-27-21-39(22-28-70)44-20-19-42-52(64-44)73-47-10-8-9-43(61)49(47)54(76)67-56(73)59(42)23-6-5-7-24-59/h8-10,15-20,33-34,36,38-39,41,45,48,51,74H,5-7,11-14,21-32H2,1-4H3,(H,65,75)(H,66,78)/t36?,38?,41-,45+,48+,51-/m1/s1. The fraction of sp³-hybridized carbons (Fsp3) is 0.550. The summed E-state index contributed by atoms with van der Waals surface area (Å²) in [6.07, 6.45) is 13.0. The number of amides is 3. The topological polar surface area (TPSA) is 193 Å². The minimum Gasteiger partial charge on any atom is -0.391 e. The lowest BCUT2D eigenvalue weighted by molar-refractivity contribution is -0.145. The Morgan fingerprint density at radius 3 is 2.33 bits per heavy atom. The minimum absolute atomic E-state index is 0.0175. The second-order valence-electron chi connectivity index (χ2n) is 24.7. The van der Waals surface area contributed by atoms with Crippen LogP contribution in [0.3, 0.4) is 0 Å². The average Bonchev–Trinajstić information content (AvgIpc) is 3.45. The number of pyridine rings is 1. The van der Waals surface area contributed by atoms with Gasteiger partial charge in [0.15, 0.2) is 5.67 Å². The molecule has 3 aliphatic heterocycles. The summed E-state index contributed by atoms with van der Waals surface area (Å²) in [6.45, 7) is 10.7. The molecule has 4 aromatic heterocycles. The number of aromatic nitrogens is 7. The number of carbonyl (C=O) groups is 3. The number of carbonyl (C=O) groups excluding carboxylic acids is 3. The summed E-state index contributed by atoms with van der Waals surface area (Å²) in [5.74, 6) is 1.24. The van der Waals surface area contributed by atoms with Gasteiger partial charge in [0, 0.05) is 53.3 Å². The molecule has 0 radical (unpaired) electrons. The maximum atomic E-state index is 14.9. The molecule has 3 saturated carbocycles. The van der Waals surface area contributed by atoms with Gasteiger partial charge in [-0.2, -0.15) is 4.98 Å². The largest absolute Gasteiger partial charge is 0.391 e. The first-order valence-corrected chi connectivity index (χ1v) is 30.3. The van der Waals surface area contributed by atoms with E-state index in [0.29, 0.717) is 17.2 Å². The predicted molar refractivity (Wildman–Crippen MR) is 304 cm³/mol. The highest BCUT2D eigenvalue weighted by Crippen LogP contribution is 2.52. The molecule has 7 heterocycles. The van der Waals surface area contributed by atoms with Gasteiger partial charge < -0.3 is 25.5 Å². The lowest BCUT2D eigenvalue weighted by Crippen LogP contribution is -2.59. The molecule has 416 valence electrons. The molecule has 19 heteroatoms. The van der Waals surface area contributed by atoms with Crippen LogP contribution in [0, 0.1) is 18.3 Å². The van der Waals surface area contributed by atoms with Gasteiger partial charge in [0.2, 0.25) is 11.8 Å². The van der Waals surface area contributed by atoms with Crippen molar-refractivity contribution < 1.29 is 23.9 Å². The fourth-order valence-electron chi connectivity index (χ4n) is 13.6. The number of nitrogens with one attached hydrogen (secondary N) is 2. The number of benzene rings is 2. The molecule has 79 heavy (non-hydrogen) atoms. The van der Waals surface area contributed by atoms with Crippen LogP contribution in [0.25, 0.3) is 27.2 Å². The van der Waals surface area contributed by atoms with E-state index < -0.39 is 53.0 Å². The third-order valence-corrected chi connectivity index (χ3v) is 20.0. The zero-order valence-corrected chi connectivity index (χ0v) is 48.0. The van der Waals surface area contributed by atoms with Gasteiger partial charge in [-0.1, -0.05) is 81.6 Å². The number of β-amino-alcohol motifs (C(OH)–C–C–N with tert-alkyl or cyclic N) is 1. The van der Waals surface area contributed by atoms with E-state index in [9.17, 15) is 28.7 Å². The SMILES string of the molecule is Cc1ncsc1-c1ccc([C@H](Cn2cc(C3CCC(CN4CCC(c5ccc6c(n5)-n5c(nc(=O)c7c(Br)cccc75)C65CCCCC5)CC4)CC3)nn2)NC(=O)[C@@H]2C[C@@H](O)CN2C(=O)[C@@H](NC(=O)C2(F)CC2)C(C)(C)C)cc1. The molecule has 5 fully saturated rings. The van der Waals surface area contributed by atoms with E-state index in [0.717, 1.165) is 139 Å². The Balaban J connectivity index is 0.690. The van der Waals surface area contributed by atoms with Gasteiger partial charge in [-0.05, 0) is 141 Å². The Kier molecular flexibility index (Phi) is 14.5. The van der Waals surface area contributed by atoms with Crippen LogP contribution in [0.1, 0.15) is 163 Å². The molecular formula is C60H71BrFN11O5S. The number of alkyl halides is 1. The summed E-state index contributed by atoms with van der Waals surface area (Å²) in [6, 6.07) is 15.8. The second kappa shape index (κ2) is 21.3. The first kappa shape index (κ1) is 53.9. The Labute approximate surface area is 472 Å². The quantitative estimate of drug-likeness (QED) is 0.0999. The van der Waals surface area contributed by atoms with Crippen molar-refractivity contribution in [3.63, 3.8) is 0 Å². The van der Waals surface area contributed by atoms with Crippen LogP contribution >= 0.6 is 27.3 Å². The lowest BCUT2D eigenvalue weighted by Gasteiger charge is -2.36. The van der Waals surface area contributed by atoms with Gasteiger partial charge >= 0.3 is 0 Å². The number of rotatable bonds is 13. The zero-order valence-electron chi connectivity index (χ0n) is 45.6. The molecule has 2 aromatic carbocycles. The number of aliphatic hydroxyl groups is 1. The maximum Gasteiger partial charge on any atom is 0.281 e. The van der Waals surface area contributed by atoms with E-state index in [1.807, 2.05) is 61.1 Å². The zero-order chi connectivity index (χ0) is 55.0. The molecule has 16 nitrogen and oxygen atoms in total. The van der Waals surface area contributed by atoms with E-state index in [2.05, 4.69) is 58.4 Å². The second-order valence-corrected chi connectivity index (χ2v) is 26.4. The van der Waals surface area contributed by atoms with Crippen LogP contribution in [0.4, 0.5) is 4.39 Å². The van der Waals surface area contributed by atoms with Crippen LogP contribution in [-0.2, 0) is 26.3 Å². The van der Waals surface area contributed by atoms with Crippen molar-refractivity contribution in [1.82, 2.24) is 54.9 Å². The van der Waals surface area contributed by atoms with E-state index in [1.54, 1.807) is 36.8 Å². The van der Waals surface area contributed by atoms with Crippen molar-refractivity contribution in [1.29, 1.82) is 0 Å². The molecule has 1 spiro atoms. The molecule has 12 rings (SSSR count). The Morgan fingerprint density at radius 1 is 0.899 bits per heavy atom. The highest BCUT2D eigenvalue weighted by molar-refractivity contribution is 9.10. The predicted octanol–water partition coefficient (Wildman–Crippen LogP) is 9.14. The molecule has 2 saturated heterocycles. The fourth-order valence-corrected chi connectivity index (χ4v) is 15.0. The number of thiazole rings is 1. The smallest absolute Gasteiger partial charge is 0.281 e. The Hall–Kier alpha value is -5.76. The summed E-state index contributed by atoms with van der Waals surface area (Å²) >= 11 is 5.21. The van der Waals surface area contributed by atoms with Gasteiger partial charge in [0.1, 0.15) is 23.7 Å². The number of hydrogen-bond acceptors (Lipinski definition) is 12. The Bertz CT molecular complexity index is 3350. The number of aliphatic hydroxyl groups excluding tert-OH is 1. The normalized spacial score (nSPS) is 23.6. The molecule has 4 atom stereocenters. The number of halogens is 2. The van der Waals surface area contributed by atoms with E-state index in [1.165, 1.54) is 16.9 Å². The number of aryl methyl sites for hydroxylation is 1. The number of fused-ring (bicyclic) bond motifs is 7. The van der Waals surface area contributed by atoms with E-state index in [-0.39, 0.29) is 49.2 Å². The minimum atomic E-state index is -1.98. The summed E-state index contributed by atoms with van der Waals surface area (Å²) in [5.41, 5.74) is 5.53. The van der Waals surface area contributed by atoms with Crippen LogP contribution in [-0.4, -0.2) is 117 Å². The molecule has 3 aliphatic carbocycles. The van der Waals surface area contributed by atoms with Gasteiger partial charge in [0.25, 0.3) is 11.5 Å². The molecular weight excluding hydrogens is 1090 g/mol. The first-order chi connectivity index (χ1) is 38.0. The lowest BCUT2D eigenvalue weighted by atomic mass is 9.70. The van der Waals surface area contributed by atoms with Gasteiger partial charge in [-0.25, -0.2) is 19.0 Å². The Morgan fingerprint density at radius 2 is 1.63 bits per heavy atom. The van der Waals surface area contributed by atoms with E-state index in [4.69, 9.17) is 15.1 Å².